The summed E-state index contributed by atoms with van der Waals surface area (Å²) in [6.45, 7) is 5.05. The third kappa shape index (κ3) is 10.4. The Kier molecular flexibility index (Phi) is 13.6. The van der Waals surface area contributed by atoms with E-state index in [4.69, 9.17) is 18.9 Å². The summed E-state index contributed by atoms with van der Waals surface area (Å²) >= 11 is 0. The average Bonchev–Trinajstić information content (AvgIpc) is 2.84. The quantitative estimate of drug-likeness (QED) is 0.138. The van der Waals surface area contributed by atoms with Crippen LogP contribution in [0.2, 0.25) is 0 Å². The maximum atomic E-state index is 12.1. The summed E-state index contributed by atoms with van der Waals surface area (Å²) in [7, 11) is 0. The van der Waals surface area contributed by atoms with Gasteiger partial charge in [0.05, 0.1) is 13.2 Å². The van der Waals surface area contributed by atoms with Crippen LogP contribution in [0.3, 0.4) is 0 Å². The maximum Gasteiger partial charge on any atom is 0.513 e. The van der Waals surface area contributed by atoms with Crippen LogP contribution in [0.1, 0.15) is 90.9 Å². The summed E-state index contributed by atoms with van der Waals surface area (Å²) in [4.78, 5) is 24.3. The number of rotatable bonds is 16. The SMILES string of the molecule is CCCCCCCCOC(=O)Oc1ccc(OC(=O)OCCCCCCCC)c2ccccc12. The second kappa shape index (κ2) is 16.8. The van der Waals surface area contributed by atoms with Crippen LogP contribution < -0.4 is 9.47 Å². The monoisotopic (exact) mass is 472 g/mol. The van der Waals surface area contributed by atoms with E-state index in [0.717, 1.165) is 38.5 Å². The fourth-order valence-electron chi connectivity index (χ4n) is 3.74. The van der Waals surface area contributed by atoms with Gasteiger partial charge in [0.1, 0.15) is 11.5 Å². The summed E-state index contributed by atoms with van der Waals surface area (Å²) in [6, 6.07) is 10.5. The third-order valence-electron chi connectivity index (χ3n) is 5.67. The Balaban J connectivity index is 1.82. The van der Waals surface area contributed by atoms with Gasteiger partial charge < -0.3 is 18.9 Å². The molecule has 0 aliphatic carbocycles. The molecule has 34 heavy (non-hydrogen) atoms. The number of unbranched alkanes of at least 4 members (excludes halogenated alkanes) is 10. The minimum atomic E-state index is -0.731. The molecule has 0 aromatic heterocycles. The first-order valence-corrected chi connectivity index (χ1v) is 12.9. The Morgan fingerprint density at radius 3 is 1.35 bits per heavy atom. The van der Waals surface area contributed by atoms with Crippen molar-refractivity contribution >= 4 is 23.1 Å². The molecule has 6 nitrogen and oxygen atoms in total. The van der Waals surface area contributed by atoms with Crippen molar-refractivity contribution in [3.05, 3.63) is 36.4 Å². The molecule has 0 saturated carbocycles. The number of carbonyl (C=O) groups excluding carboxylic acids is 2. The predicted molar refractivity (Wildman–Crippen MR) is 135 cm³/mol. The van der Waals surface area contributed by atoms with E-state index in [1.807, 2.05) is 12.1 Å². The van der Waals surface area contributed by atoms with Crippen LogP contribution in [0, 0.1) is 0 Å². The molecule has 0 amide bonds. The topological polar surface area (TPSA) is 71.1 Å². The van der Waals surface area contributed by atoms with E-state index < -0.39 is 12.3 Å². The maximum absolute atomic E-state index is 12.1. The number of ether oxygens (including phenoxy) is 4. The number of hydrogen-bond acceptors (Lipinski definition) is 6. The Hall–Kier alpha value is -2.76. The van der Waals surface area contributed by atoms with Gasteiger partial charge in [-0.05, 0) is 25.0 Å². The number of fused-ring (bicyclic) bond motifs is 1. The van der Waals surface area contributed by atoms with E-state index in [-0.39, 0.29) is 0 Å². The first-order chi connectivity index (χ1) is 16.7. The molecule has 0 N–H and O–H groups in total. The van der Waals surface area contributed by atoms with Gasteiger partial charge in [-0.1, -0.05) is 102 Å². The Morgan fingerprint density at radius 2 is 0.941 bits per heavy atom. The molecule has 0 heterocycles. The van der Waals surface area contributed by atoms with E-state index in [0.29, 0.717) is 35.5 Å². The van der Waals surface area contributed by atoms with Crippen LogP contribution in [-0.2, 0) is 9.47 Å². The molecule has 0 unspecified atom stereocenters. The van der Waals surface area contributed by atoms with Gasteiger partial charge in [-0.15, -0.1) is 0 Å². The molecule has 2 aromatic carbocycles. The average molecular weight is 473 g/mol. The van der Waals surface area contributed by atoms with Crippen LogP contribution in [0.5, 0.6) is 11.5 Å². The molecule has 188 valence electrons. The van der Waals surface area contributed by atoms with Gasteiger partial charge in [0, 0.05) is 10.8 Å². The van der Waals surface area contributed by atoms with Crippen LogP contribution in [-0.4, -0.2) is 25.5 Å². The number of carbonyl (C=O) groups is 2. The van der Waals surface area contributed by atoms with E-state index in [1.165, 1.54) is 38.5 Å². The first kappa shape index (κ1) is 27.5. The first-order valence-electron chi connectivity index (χ1n) is 12.9. The van der Waals surface area contributed by atoms with E-state index >= 15 is 0 Å². The second-order valence-corrected chi connectivity index (χ2v) is 8.54. The van der Waals surface area contributed by atoms with Crippen LogP contribution in [0.4, 0.5) is 9.59 Å². The number of hydrogen-bond donors (Lipinski definition) is 0. The van der Waals surface area contributed by atoms with Crippen molar-refractivity contribution in [3.63, 3.8) is 0 Å². The molecule has 2 aromatic rings. The predicted octanol–water partition coefficient (Wildman–Crippen LogP) is 8.59. The molecule has 0 radical (unpaired) electrons. The number of benzene rings is 2. The highest BCUT2D eigenvalue weighted by Gasteiger charge is 2.15. The van der Waals surface area contributed by atoms with Crippen LogP contribution >= 0.6 is 0 Å². The lowest BCUT2D eigenvalue weighted by atomic mass is 10.1. The lowest BCUT2D eigenvalue weighted by Crippen LogP contribution is -2.13. The molecule has 0 spiro atoms. The summed E-state index contributed by atoms with van der Waals surface area (Å²) in [6.07, 6.45) is 11.9. The Labute approximate surface area is 203 Å². The lowest BCUT2D eigenvalue weighted by molar-refractivity contribution is 0.0958. The van der Waals surface area contributed by atoms with Crippen molar-refractivity contribution in [1.82, 2.24) is 0 Å². The van der Waals surface area contributed by atoms with Gasteiger partial charge in [0.25, 0.3) is 0 Å². The van der Waals surface area contributed by atoms with Crippen molar-refractivity contribution < 1.29 is 28.5 Å². The van der Waals surface area contributed by atoms with Gasteiger partial charge in [-0.25, -0.2) is 9.59 Å². The summed E-state index contributed by atoms with van der Waals surface area (Å²) in [5.74, 6) is 0.715. The van der Waals surface area contributed by atoms with Gasteiger partial charge >= 0.3 is 12.3 Å². The minimum absolute atomic E-state index is 0.342. The van der Waals surface area contributed by atoms with E-state index in [1.54, 1.807) is 24.3 Å². The van der Waals surface area contributed by atoms with Crippen LogP contribution in [0.25, 0.3) is 10.8 Å². The van der Waals surface area contributed by atoms with Crippen molar-refractivity contribution in [1.29, 1.82) is 0 Å². The molecular formula is C28H40O6. The minimum Gasteiger partial charge on any atom is -0.434 e. The molecule has 0 aliphatic heterocycles. The molecule has 0 aliphatic rings. The zero-order valence-electron chi connectivity index (χ0n) is 20.8. The highest BCUT2D eigenvalue weighted by Crippen LogP contribution is 2.33. The third-order valence-corrected chi connectivity index (χ3v) is 5.67. The summed E-state index contributed by atoms with van der Waals surface area (Å²) in [5.41, 5.74) is 0. The van der Waals surface area contributed by atoms with E-state index in [2.05, 4.69) is 13.8 Å². The molecule has 0 fully saturated rings. The summed E-state index contributed by atoms with van der Waals surface area (Å²) in [5, 5.41) is 1.31. The van der Waals surface area contributed by atoms with Crippen molar-refractivity contribution in [2.45, 2.75) is 90.9 Å². The zero-order chi connectivity index (χ0) is 24.4. The molecule has 0 bridgehead atoms. The largest absolute Gasteiger partial charge is 0.513 e. The van der Waals surface area contributed by atoms with Gasteiger partial charge in [0.2, 0.25) is 0 Å². The second-order valence-electron chi connectivity index (χ2n) is 8.54. The fourth-order valence-corrected chi connectivity index (χ4v) is 3.74. The lowest BCUT2D eigenvalue weighted by Gasteiger charge is -2.12. The highest BCUT2D eigenvalue weighted by molar-refractivity contribution is 5.95. The zero-order valence-corrected chi connectivity index (χ0v) is 20.8. The highest BCUT2D eigenvalue weighted by atomic mass is 16.7. The standard InChI is InChI=1S/C28H40O6/c1-3-5-7-9-11-15-21-31-27(29)33-25-19-20-26(24-18-14-13-17-23(24)25)34-28(30)32-22-16-12-10-8-6-4-2/h13-14,17-20H,3-12,15-16,21-22H2,1-2H3. The van der Waals surface area contributed by atoms with Crippen molar-refractivity contribution in [2.75, 3.05) is 13.2 Å². The fraction of sp³-hybridized carbons (Fsp3) is 0.571. The van der Waals surface area contributed by atoms with E-state index in [9.17, 15) is 9.59 Å². The Bertz CT molecular complexity index is 793. The smallest absolute Gasteiger partial charge is 0.434 e. The molecule has 6 heteroatoms. The van der Waals surface area contributed by atoms with Crippen molar-refractivity contribution in [3.8, 4) is 11.5 Å². The van der Waals surface area contributed by atoms with Gasteiger partial charge in [-0.3, -0.25) is 0 Å². The van der Waals surface area contributed by atoms with Crippen LogP contribution in [0.15, 0.2) is 36.4 Å². The van der Waals surface area contributed by atoms with Gasteiger partial charge in [-0.2, -0.15) is 0 Å². The summed E-state index contributed by atoms with van der Waals surface area (Å²) < 4.78 is 21.3. The molecule has 0 saturated heterocycles. The Morgan fingerprint density at radius 1 is 0.559 bits per heavy atom. The van der Waals surface area contributed by atoms with Crippen molar-refractivity contribution in [2.24, 2.45) is 0 Å². The van der Waals surface area contributed by atoms with Gasteiger partial charge in [0.15, 0.2) is 0 Å². The molecule has 0 atom stereocenters. The molecule has 2 rings (SSSR count). The molecular weight excluding hydrogens is 432 g/mol. The normalized spacial score (nSPS) is 10.8.